The van der Waals surface area contributed by atoms with Crippen LogP contribution in [0.3, 0.4) is 0 Å². The van der Waals surface area contributed by atoms with Crippen LogP contribution in [0.25, 0.3) is 0 Å². The lowest BCUT2D eigenvalue weighted by Crippen LogP contribution is -2.53. The van der Waals surface area contributed by atoms with Gasteiger partial charge in [-0.25, -0.2) is 0 Å². The molecule has 0 heterocycles. The maximum atomic E-state index is 12.2. The maximum absolute atomic E-state index is 12.2. The fourth-order valence-corrected chi connectivity index (χ4v) is 2.29. The number of hydrogen-bond acceptors (Lipinski definition) is 3. The Hall–Kier alpha value is -1.55. The Bertz CT molecular complexity index is 407. The lowest BCUT2D eigenvalue weighted by atomic mass is 9.74. The van der Waals surface area contributed by atoms with Gasteiger partial charge in [0, 0.05) is 5.54 Å². The number of anilines is 1. The van der Waals surface area contributed by atoms with Crippen molar-refractivity contribution in [2.75, 3.05) is 5.43 Å². The van der Waals surface area contributed by atoms with E-state index in [0.717, 1.165) is 19.3 Å². The SMILES string of the molecule is CCC1(NC(=O)c2ccccc2NN)CCC1. The summed E-state index contributed by atoms with van der Waals surface area (Å²) in [6.07, 6.45) is 4.34. The molecule has 0 radical (unpaired) electrons. The Kier molecular flexibility index (Phi) is 3.33. The number of nitrogens with two attached hydrogens (primary N) is 1. The van der Waals surface area contributed by atoms with Crippen molar-refractivity contribution in [2.45, 2.75) is 38.1 Å². The summed E-state index contributed by atoms with van der Waals surface area (Å²) in [5, 5.41) is 3.14. The van der Waals surface area contributed by atoms with Crippen LogP contribution in [0.15, 0.2) is 24.3 Å². The highest BCUT2D eigenvalue weighted by Crippen LogP contribution is 2.35. The van der Waals surface area contributed by atoms with Gasteiger partial charge < -0.3 is 10.7 Å². The molecule has 4 nitrogen and oxygen atoms in total. The Labute approximate surface area is 102 Å². The van der Waals surface area contributed by atoms with E-state index >= 15 is 0 Å². The molecule has 0 unspecified atom stereocenters. The second-order valence-corrected chi connectivity index (χ2v) is 4.63. The Morgan fingerprint density at radius 3 is 2.65 bits per heavy atom. The highest BCUT2D eigenvalue weighted by molar-refractivity contribution is 6.00. The van der Waals surface area contributed by atoms with Crippen LogP contribution < -0.4 is 16.6 Å². The highest BCUT2D eigenvalue weighted by Gasteiger charge is 2.36. The van der Waals surface area contributed by atoms with Gasteiger partial charge in [-0.3, -0.25) is 10.6 Å². The van der Waals surface area contributed by atoms with Gasteiger partial charge in [-0.05, 0) is 37.8 Å². The van der Waals surface area contributed by atoms with Gasteiger partial charge >= 0.3 is 0 Å². The monoisotopic (exact) mass is 233 g/mol. The molecule has 1 fully saturated rings. The lowest BCUT2D eigenvalue weighted by Gasteiger charge is -2.42. The van der Waals surface area contributed by atoms with Gasteiger partial charge in [0.05, 0.1) is 11.3 Å². The van der Waals surface area contributed by atoms with E-state index in [4.69, 9.17) is 5.84 Å². The van der Waals surface area contributed by atoms with E-state index in [-0.39, 0.29) is 11.4 Å². The van der Waals surface area contributed by atoms with Crippen molar-refractivity contribution in [3.8, 4) is 0 Å². The number of carbonyl (C=O) groups is 1. The Morgan fingerprint density at radius 1 is 1.41 bits per heavy atom. The van der Waals surface area contributed by atoms with Crippen molar-refractivity contribution in [1.82, 2.24) is 5.32 Å². The molecule has 0 atom stereocenters. The van der Waals surface area contributed by atoms with Gasteiger partial charge in [0.15, 0.2) is 0 Å². The van der Waals surface area contributed by atoms with Gasteiger partial charge in [0.1, 0.15) is 0 Å². The molecule has 4 N–H and O–H groups in total. The minimum atomic E-state index is -0.0416. The number of benzene rings is 1. The van der Waals surface area contributed by atoms with E-state index in [0.29, 0.717) is 11.3 Å². The molecule has 0 aromatic heterocycles. The number of rotatable bonds is 4. The van der Waals surface area contributed by atoms with Gasteiger partial charge in [0.25, 0.3) is 5.91 Å². The predicted molar refractivity (Wildman–Crippen MR) is 68.6 cm³/mol. The smallest absolute Gasteiger partial charge is 0.253 e. The molecule has 1 aliphatic rings. The van der Waals surface area contributed by atoms with Crippen molar-refractivity contribution in [2.24, 2.45) is 5.84 Å². The third-order valence-electron chi connectivity index (χ3n) is 3.69. The standard InChI is InChI=1S/C13H19N3O/c1-2-13(8-5-9-13)15-12(17)10-6-3-4-7-11(10)16-14/h3-4,6-7,16H,2,5,8-9,14H2,1H3,(H,15,17). The van der Waals surface area contributed by atoms with Gasteiger partial charge in [-0.2, -0.15) is 0 Å². The normalized spacial score (nSPS) is 17.1. The summed E-state index contributed by atoms with van der Waals surface area (Å²) in [4.78, 5) is 12.2. The first-order chi connectivity index (χ1) is 8.21. The van der Waals surface area contributed by atoms with Crippen molar-refractivity contribution >= 4 is 11.6 Å². The average Bonchev–Trinajstić information content (AvgIpc) is 2.33. The minimum absolute atomic E-state index is 0.0127. The number of nitrogens with one attached hydrogen (secondary N) is 2. The summed E-state index contributed by atoms with van der Waals surface area (Å²) < 4.78 is 0. The number of nitrogen functional groups attached to an aromatic ring is 1. The summed E-state index contributed by atoms with van der Waals surface area (Å²) in [6.45, 7) is 2.12. The van der Waals surface area contributed by atoms with Gasteiger partial charge in [-0.1, -0.05) is 19.1 Å². The quantitative estimate of drug-likeness (QED) is 0.550. The van der Waals surface area contributed by atoms with Crippen LogP contribution in [0.1, 0.15) is 43.0 Å². The Balaban J connectivity index is 2.14. The molecule has 17 heavy (non-hydrogen) atoms. The molecule has 0 bridgehead atoms. The summed E-state index contributed by atoms with van der Waals surface area (Å²) in [5.74, 6) is 5.36. The average molecular weight is 233 g/mol. The second kappa shape index (κ2) is 4.75. The third kappa shape index (κ3) is 2.26. The summed E-state index contributed by atoms with van der Waals surface area (Å²) in [5.41, 5.74) is 3.84. The van der Waals surface area contributed by atoms with Crippen LogP contribution in [0.4, 0.5) is 5.69 Å². The maximum Gasteiger partial charge on any atom is 0.253 e. The van der Waals surface area contributed by atoms with Crippen molar-refractivity contribution in [3.63, 3.8) is 0 Å². The first-order valence-electron chi connectivity index (χ1n) is 6.09. The van der Waals surface area contributed by atoms with E-state index in [1.165, 1.54) is 6.42 Å². The van der Waals surface area contributed by atoms with E-state index in [9.17, 15) is 4.79 Å². The van der Waals surface area contributed by atoms with Crippen LogP contribution in [0.5, 0.6) is 0 Å². The fourth-order valence-electron chi connectivity index (χ4n) is 2.29. The lowest BCUT2D eigenvalue weighted by molar-refractivity contribution is 0.0821. The molecule has 1 aromatic carbocycles. The van der Waals surface area contributed by atoms with Crippen LogP contribution in [0.2, 0.25) is 0 Å². The molecular formula is C13H19N3O. The zero-order valence-corrected chi connectivity index (χ0v) is 10.1. The zero-order chi connectivity index (χ0) is 12.3. The third-order valence-corrected chi connectivity index (χ3v) is 3.69. The largest absolute Gasteiger partial charge is 0.347 e. The van der Waals surface area contributed by atoms with Crippen LogP contribution in [-0.4, -0.2) is 11.4 Å². The topological polar surface area (TPSA) is 67.2 Å². The van der Waals surface area contributed by atoms with Crippen molar-refractivity contribution < 1.29 is 4.79 Å². The van der Waals surface area contributed by atoms with Crippen LogP contribution in [-0.2, 0) is 0 Å². The first kappa shape index (κ1) is 11.9. The predicted octanol–water partition coefficient (Wildman–Crippen LogP) is 2.03. The fraction of sp³-hybridized carbons (Fsp3) is 0.462. The highest BCUT2D eigenvalue weighted by atomic mass is 16.1. The molecule has 92 valence electrons. The molecule has 0 aliphatic heterocycles. The molecule has 4 heteroatoms. The number of para-hydroxylation sites is 1. The Morgan fingerprint density at radius 2 is 2.12 bits per heavy atom. The molecule has 1 saturated carbocycles. The summed E-state index contributed by atoms with van der Waals surface area (Å²) >= 11 is 0. The van der Waals surface area contributed by atoms with Gasteiger partial charge in [0.2, 0.25) is 0 Å². The first-order valence-corrected chi connectivity index (χ1v) is 6.09. The molecule has 0 saturated heterocycles. The molecule has 0 spiro atoms. The van der Waals surface area contributed by atoms with Crippen molar-refractivity contribution in [3.05, 3.63) is 29.8 Å². The number of hydrazine groups is 1. The molecule has 1 aromatic rings. The number of carbonyl (C=O) groups excluding carboxylic acids is 1. The van der Waals surface area contributed by atoms with Crippen LogP contribution >= 0.6 is 0 Å². The molecule has 2 rings (SSSR count). The van der Waals surface area contributed by atoms with E-state index in [2.05, 4.69) is 17.7 Å². The second-order valence-electron chi connectivity index (χ2n) is 4.63. The minimum Gasteiger partial charge on any atom is -0.347 e. The van der Waals surface area contributed by atoms with Gasteiger partial charge in [-0.15, -0.1) is 0 Å². The van der Waals surface area contributed by atoms with E-state index in [1.54, 1.807) is 12.1 Å². The number of amides is 1. The van der Waals surface area contributed by atoms with E-state index < -0.39 is 0 Å². The molecule has 1 aliphatic carbocycles. The van der Waals surface area contributed by atoms with E-state index in [1.807, 2.05) is 12.1 Å². The summed E-state index contributed by atoms with van der Waals surface area (Å²) in [6, 6.07) is 7.28. The number of hydrogen-bond donors (Lipinski definition) is 3. The molecular weight excluding hydrogens is 214 g/mol. The zero-order valence-electron chi connectivity index (χ0n) is 10.1. The van der Waals surface area contributed by atoms with Crippen LogP contribution in [0, 0.1) is 0 Å². The molecule has 1 amide bonds. The van der Waals surface area contributed by atoms with Crippen molar-refractivity contribution in [1.29, 1.82) is 0 Å². The summed E-state index contributed by atoms with van der Waals surface area (Å²) in [7, 11) is 0.